The summed E-state index contributed by atoms with van der Waals surface area (Å²) in [5.41, 5.74) is 3.13. The molecule has 2 aromatic carbocycles. The van der Waals surface area contributed by atoms with Crippen LogP contribution >= 0.6 is 0 Å². The fraction of sp³-hybridized carbons (Fsp3) is 0.111. The van der Waals surface area contributed by atoms with Gasteiger partial charge in [-0.25, -0.2) is 9.07 Å². The minimum Gasteiger partial charge on any atom is -0.273 e. The number of nitrogens with zero attached hydrogens (tertiary/aromatic N) is 1. The number of hydrogen-bond donors (Lipinski definition) is 3. The van der Waals surface area contributed by atoms with Crippen molar-refractivity contribution in [1.82, 2.24) is 20.6 Å². The predicted octanol–water partition coefficient (Wildman–Crippen LogP) is 0.680. The van der Waals surface area contributed by atoms with Crippen molar-refractivity contribution < 1.29 is 14.0 Å². The molecule has 3 N–H and O–H groups in total. The minimum atomic E-state index is -0.808. The highest BCUT2D eigenvalue weighted by atomic mass is 19.1. The van der Waals surface area contributed by atoms with Gasteiger partial charge in [0, 0.05) is 6.42 Å². The normalized spacial score (nSPS) is 10.6. The van der Waals surface area contributed by atoms with E-state index < -0.39 is 28.8 Å². The van der Waals surface area contributed by atoms with Crippen LogP contribution in [-0.4, -0.2) is 21.6 Å². The number of aryl methyl sites for hydroxylation is 1. The standard InChI is InChI=1S/C18H15FN4O4/c19-14-8-4-3-7-13(14)16(25)21-20-15(24)9-10-23-18(27)12-6-2-1-5-11(12)17(26)22-23/h1-8H,9-10H2,(H,20,24)(H,21,25)(H,22,26). The number of halogens is 1. The first-order valence-electron chi connectivity index (χ1n) is 8.03. The average molecular weight is 370 g/mol. The third-order valence-corrected chi connectivity index (χ3v) is 3.88. The highest BCUT2D eigenvalue weighted by Crippen LogP contribution is 2.05. The van der Waals surface area contributed by atoms with Crippen LogP contribution in [0.2, 0.25) is 0 Å². The Morgan fingerprint density at radius 3 is 2.37 bits per heavy atom. The molecule has 0 aliphatic heterocycles. The molecule has 27 heavy (non-hydrogen) atoms. The Morgan fingerprint density at radius 1 is 0.963 bits per heavy atom. The van der Waals surface area contributed by atoms with Crippen molar-refractivity contribution in [3.8, 4) is 0 Å². The Kier molecular flexibility index (Phi) is 5.11. The highest BCUT2D eigenvalue weighted by Gasteiger charge is 2.12. The van der Waals surface area contributed by atoms with Crippen molar-refractivity contribution in [2.75, 3.05) is 0 Å². The van der Waals surface area contributed by atoms with E-state index in [9.17, 15) is 23.6 Å². The zero-order valence-corrected chi connectivity index (χ0v) is 14.0. The second-order valence-corrected chi connectivity index (χ2v) is 5.68. The molecule has 0 aliphatic rings. The van der Waals surface area contributed by atoms with E-state index >= 15 is 0 Å². The Balaban J connectivity index is 1.63. The Hall–Kier alpha value is -3.75. The first-order chi connectivity index (χ1) is 13.0. The molecule has 0 atom stereocenters. The van der Waals surface area contributed by atoms with Crippen molar-refractivity contribution in [3.05, 3.63) is 80.6 Å². The van der Waals surface area contributed by atoms with Gasteiger partial charge >= 0.3 is 0 Å². The molecule has 0 unspecified atom stereocenters. The molecule has 138 valence electrons. The second kappa shape index (κ2) is 7.65. The van der Waals surface area contributed by atoms with Gasteiger partial charge in [-0.05, 0) is 24.3 Å². The molecule has 0 fully saturated rings. The number of nitrogens with one attached hydrogen (secondary N) is 3. The van der Waals surface area contributed by atoms with E-state index in [0.717, 1.165) is 10.7 Å². The van der Waals surface area contributed by atoms with Crippen LogP contribution in [0.15, 0.2) is 58.1 Å². The lowest BCUT2D eigenvalue weighted by molar-refractivity contribution is -0.122. The molecule has 3 rings (SSSR count). The molecular weight excluding hydrogens is 355 g/mol. The number of carbonyl (C=O) groups is 2. The maximum atomic E-state index is 13.5. The molecule has 0 aliphatic carbocycles. The number of aromatic nitrogens is 2. The molecule has 1 aromatic heterocycles. The number of hydrogen-bond acceptors (Lipinski definition) is 4. The first-order valence-corrected chi connectivity index (χ1v) is 8.03. The third kappa shape index (κ3) is 3.92. The fourth-order valence-electron chi connectivity index (χ4n) is 2.52. The maximum Gasteiger partial charge on any atom is 0.273 e. The quantitative estimate of drug-likeness (QED) is 0.586. The van der Waals surface area contributed by atoms with E-state index in [1.807, 2.05) is 0 Å². The van der Waals surface area contributed by atoms with E-state index in [-0.39, 0.29) is 29.3 Å². The van der Waals surface area contributed by atoms with Gasteiger partial charge in [0.25, 0.3) is 17.0 Å². The van der Waals surface area contributed by atoms with Gasteiger partial charge in [0.2, 0.25) is 5.91 Å². The molecular formula is C18H15FN4O4. The van der Waals surface area contributed by atoms with E-state index in [1.165, 1.54) is 30.3 Å². The topological polar surface area (TPSA) is 113 Å². The SMILES string of the molecule is O=C(CCn1[nH]c(=O)c2ccccc2c1=O)NNC(=O)c1ccccc1F. The lowest BCUT2D eigenvalue weighted by Crippen LogP contribution is -2.42. The number of aromatic amines is 1. The molecule has 1 heterocycles. The van der Waals surface area contributed by atoms with Gasteiger partial charge in [-0.1, -0.05) is 24.3 Å². The van der Waals surface area contributed by atoms with Crippen LogP contribution in [0.5, 0.6) is 0 Å². The predicted molar refractivity (Wildman–Crippen MR) is 95.5 cm³/mol. The van der Waals surface area contributed by atoms with E-state index in [1.54, 1.807) is 12.1 Å². The summed E-state index contributed by atoms with van der Waals surface area (Å²) in [6, 6.07) is 11.7. The summed E-state index contributed by atoms with van der Waals surface area (Å²) in [5.74, 6) is -2.14. The van der Waals surface area contributed by atoms with Gasteiger partial charge in [-0.2, -0.15) is 0 Å². The van der Waals surface area contributed by atoms with Gasteiger partial charge in [0.05, 0.1) is 22.9 Å². The van der Waals surface area contributed by atoms with Crippen molar-refractivity contribution in [2.45, 2.75) is 13.0 Å². The number of hydrazine groups is 1. The second-order valence-electron chi connectivity index (χ2n) is 5.68. The molecule has 0 spiro atoms. The number of amides is 2. The van der Waals surface area contributed by atoms with Crippen molar-refractivity contribution >= 4 is 22.6 Å². The average Bonchev–Trinajstić information content (AvgIpc) is 2.68. The largest absolute Gasteiger partial charge is 0.273 e. The first kappa shape index (κ1) is 18.1. The van der Waals surface area contributed by atoms with E-state index in [4.69, 9.17) is 0 Å². The minimum absolute atomic E-state index is 0.0969. The van der Waals surface area contributed by atoms with Crippen LogP contribution in [0.4, 0.5) is 4.39 Å². The smallest absolute Gasteiger partial charge is 0.273 e. The molecule has 0 bridgehead atoms. The summed E-state index contributed by atoms with van der Waals surface area (Å²) >= 11 is 0. The van der Waals surface area contributed by atoms with Crippen LogP contribution < -0.4 is 22.0 Å². The lowest BCUT2D eigenvalue weighted by atomic mass is 10.2. The molecule has 0 saturated carbocycles. The fourth-order valence-corrected chi connectivity index (χ4v) is 2.52. The van der Waals surface area contributed by atoms with Gasteiger partial charge < -0.3 is 0 Å². The molecule has 0 saturated heterocycles. The summed E-state index contributed by atoms with van der Waals surface area (Å²) in [5, 5.41) is 2.91. The van der Waals surface area contributed by atoms with Crippen molar-refractivity contribution in [2.24, 2.45) is 0 Å². The van der Waals surface area contributed by atoms with Crippen molar-refractivity contribution in [3.63, 3.8) is 0 Å². The summed E-state index contributed by atoms with van der Waals surface area (Å²) in [6.07, 6.45) is -0.189. The zero-order chi connectivity index (χ0) is 19.4. The molecule has 8 nitrogen and oxygen atoms in total. The molecule has 3 aromatic rings. The Labute approximate surface area is 151 Å². The van der Waals surface area contributed by atoms with Gasteiger partial charge in [0.15, 0.2) is 0 Å². The van der Waals surface area contributed by atoms with E-state index in [2.05, 4.69) is 16.0 Å². The molecule has 9 heteroatoms. The number of fused-ring (bicyclic) bond motifs is 1. The summed E-state index contributed by atoms with van der Waals surface area (Å²) < 4.78 is 14.5. The summed E-state index contributed by atoms with van der Waals surface area (Å²) in [4.78, 5) is 48.0. The Bertz CT molecular complexity index is 1140. The van der Waals surface area contributed by atoms with Crippen LogP contribution in [0.1, 0.15) is 16.8 Å². The number of rotatable bonds is 4. The summed E-state index contributed by atoms with van der Waals surface area (Å²) in [7, 11) is 0. The highest BCUT2D eigenvalue weighted by molar-refractivity contribution is 5.95. The Morgan fingerprint density at radius 2 is 1.63 bits per heavy atom. The monoisotopic (exact) mass is 370 g/mol. The van der Waals surface area contributed by atoms with Crippen LogP contribution in [-0.2, 0) is 11.3 Å². The van der Waals surface area contributed by atoms with Crippen LogP contribution in [0.3, 0.4) is 0 Å². The maximum absolute atomic E-state index is 13.5. The number of carbonyl (C=O) groups excluding carboxylic acids is 2. The lowest BCUT2D eigenvalue weighted by Gasteiger charge is -2.09. The number of H-pyrrole nitrogens is 1. The van der Waals surface area contributed by atoms with Crippen LogP contribution in [0.25, 0.3) is 10.8 Å². The zero-order valence-electron chi connectivity index (χ0n) is 14.0. The van der Waals surface area contributed by atoms with Crippen LogP contribution in [0, 0.1) is 5.82 Å². The molecule has 2 amide bonds. The van der Waals surface area contributed by atoms with Gasteiger partial charge in [-0.3, -0.25) is 35.1 Å². The molecule has 0 radical (unpaired) electrons. The summed E-state index contributed by atoms with van der Waals surface area (Å²) in [6.45, 7) is -0.0969. The van der Waals surface area contributed by atoms with E-state index in [0.29, 0.717) is 0 Å². The van der Waals surface area contributed by atoms with Gasteiger partial charge in [0.1, 0.15) is 5.82 Å². The van der Waals surface area contributed by atoms with Crippen molar-refractivity contribution in [1.29, 1.82) is 0 Å². The number of benzene rings is 2. The third-order valence-electron chi connectivity index (χ3n) is 3.88. The van der Waals surface area contributed by atoms with Gasteiger partial charge in [-0.15, -0.1) is 0 Å².